The van der Waals surface area contributed by atoms with E-state index in [2.05, 4.69) is 15.6 Å². The highest BCUT2D eigenvalue weighted by molar-refractivity contribution is 6.07. The van der Waals surface area contributed by atoms with Gasteiger partial charge in [-0.25, -0.2) is 4.79 Å². The molecule has 2 saturated heterocycles. The summed E-state index contributed by atoms with van der Waals surface area (Å²) in [6, 6.07) is 5.34. The van der Waals surface area contributed by atoms with Crippen LogP contribution in [-0.4, -0.2) is 59.6 Å². The fraction of sp³-hybridized carbons (Fsp3) is 0.550. The first kappa shape index (κ1) is 19.5. The number of rotatable bonds is 5. The molecule has 3 heterocycles. The number of nitrogens with one attached hydrogen (secondary N) is 2. The number of hydrogen-bond donors (Lipinski definition) is 2. The molecule has 0 aliphatic carbocycles. The Morgan fingerprint density at radius 3 is 2.76 bits per heavy atom. The van der Waals surface area contributed by atoms with Crippen LogP contribution in [0.1, 0.15) is 44.7 Å². The molecule has 4 amide bonds. The molecule has 2 unspecified atom stereocenters. The molecule has 2 atom stereocenters. The number of carbonyl (C=O) groups is 3. The number of benzene rings is 1. The van der Waals surface area contributed by atoms with Gasteiger partial charge in [-0.2, -0.15) is 5.01 Å². The summed E-state index contributed by atoms with van der Waals surface area (Å²) in [6.45, 7) is 5.39. The molecule has 0 bridgehead atoms. The van der Waals surface area contributed by atoms with Crippen LogP contribution in [-0.2, 0) is 9.59 Å². The van der Waals surface area contributed by atoms with Crippen molar-refractivity contribution in [2.75, 3.05) is 26.3 Å². The van der Waals surface area contributed by atoms with Gasteiger partial charge >= 0.3 is 6.03 Å². The molecule has 2 fully saturated rings. The van der Waals surface area contributed by atoms with E-state index in [1.54, 1.807) is 6.92 Å². The van der Waals surface area contributed by atoms with E-state index in [0.717, 1.165) is 41.5 Å². The third-order valence-corrected chi connectivity index (χ3v) is 5.87. The monoisotopic (exact) mass is 402 g/mol. The molecule has 156 valence electrons. The maximum Gasteiger partial charge on any atom is 0.344 e. The Bertz CT molecular complexity index is 844. The fourth-order valence-corrected chi connectivity index (χ4v) is 4.03. The van der Waals surface area contributed by atoms with E-state index in [4.69, 9.17) is 9.47 Å². The highest BCUT2D eigenvalue weighted by Crippen LogP contribution is 2.37. The maximum atomic E-state index is 12.6. The summed E-state index contributed by atoms with van der Waals surface area (Å²) in [4.78, 5) is 39.2. The molecule has 1 aromatic carbocycles. The smallest absolute Gasteiger partial charge is 0.344 e. The first-order chi connectivity index (χ1) is 13.9. The lowest BCUT2D eigenvalue weighted by atomic mass is 10.00. The van der Waals surface area contributed by atoms with Gasteiger partial charge in [-0.1, -0.05) is 13.0 Å². The zero-order valence-corrected chi connectivity index (χ0v) is 16.7. The molecule has 4 rings (SSSR count). The number of hydrogen-bond acceptors (Lipinski definition) is 6. The lowest BCUT2D eigenvalue weighted by Gasteiger charge is -2.26. The van der Waals surface area contributed by atoms with Crippen molar-refractivity contribution in [1.29, 1.82) is 0 Å². The third-order valence-electron chi connectivity index (χ3n) is 5.87. The second-order valence-corrected chi connectivity index (χ2v) is 7.82. The summed E-state index contributed by atoms with van der Waals surface area (Å²) in [6.07, 6.45) is 2.33. The Morgan fingerprint density at radius 1 is 1.28 bits per heavy atom. The van der Waals surface area contributed by atoms with Crippen molar-refractivity contribution in [2.45, 2.75) is 44.7 Å². The van der Waals surface area contributed by atoms with E-state index in [-0.39, 0.29) is 12.6 Å². The fourth-order valence-electron chi connectivity index (χ4n) is 4.03. The van der Waals surface area contributed by atoms with E-state index in [1.807, 2.05) is 25.1 Å². The minimum Gasteiger partial charge on any atom is -0.486 e. The highest BCUT2D eigenvalue weighted by Gasteiger charge is 2.47. The molecular formula is C20H26N4O5. The zero-order chi connectivity index (χ0) is 20.6. The van der Waals surface area contributed by atoms with Gasteiger partial charge in [0.2, 0.25) is 0 Å². The van der Waals surface area contributed by atoms with Crippen molar-refractivity contribution in [3.8, 4) is 11.5 Å². The SMILES string of the molecule is CCC1(C)NC(=O)N(NC(=O)CN2CCCC2c2ccc3c(c2)OCCO3)C1=O. The van der Waals surface area contributed by atoms with Crippen molar-refractivity contribution in [2.24, 2.45) is 0 Å². The number of fused-ring (bicyclic) bond motifs is 1. The van der Waals surface area contributed by atoms with Crippen molar-refractivity contribution in [3.05, 3.63) is 23.8 Å². The van der Waals surface area contributed by atoms with Gasteiger partial charge in [-0.05, 0) is 50.4 Å². The maximum absolute atomic E-state index is 12.6. The Hall–Kier alpha value is -2.81. The predicted octanol–water partition coefficient (Wildman–Crippen LogP) is 1.35. The minimum absolute atomic E-state index is 0.0700. The van der Waals surface area contributed by atoms with Crippen molar-refractivity contribution < 1.29 is 23.9 Å². The minimum atomic E-state index is -0.980. The molecule has 1 aromatic rings. The summed E-state index contributed by atoms with van der Waals surface area (Å²) in [5.74, 6) is 0.629. The van der Waals surface area contributed by atoms with Crippen LogP contribution in [0.15, 0.2) is 18.2 Å². The second-order valence-electron chi connectivity index (χ2n) is 7.82. The molecule has 0 aromatic heterocycles. The summed E-state index contributed by atoms with van der Waals surface area (Å²) in [7, 11) is 0. The first-order valence-electron chi connectivity index (χ1n) is 10.0. The number of amides is 4. The highest BCUT2D eigenvalue weighted by atomic mass is 16.6. The van der Waals surface area contributed by atoms with Crippen molar-refractivity contribution in [3.63, 3.8) is 0 Å². The molecule has 0 radical (unpaired) electrons. The van der Waals surface area contributed by atoms with Gasteiger partial charge in [0.1, 0.15) is 18.8 Å². The van der Waals surface area contributed by atoms with Crippen LogP contribution in [0.4, 0.5) is 4.79 Å². The number of carbonyl (C=O) groups excluding carboxylic acids is 3. The number of hydrazine groups is 1. The van der Waals surface area contributed by atoms with Gasteiger partial charge in [-0.3, -0.25) is 19.9 Å². The zero-order valence-electron chi connectivity index (χ0n) is 16.7. The van der Waals surface area contributed by atoms with Crippen LogP contribution in [0.5, 0.6) is 11.5 Å². The average Bonchev–Trinajstić information content (AvgIpc) is 3.26. The molecule has 29 heavy (non-hydrogen) atoms. The van der Waals surface area contributed by atoms with Gasteiger partial charge in [0.25, 0.3) is 11.8 Å². The van der Waals surface area contributed by atoms with Gasteiger partial charge in [0, 0.05) is 6.04 Å². The Kier molecular flexibility index (Phi) is 5.08. The molecule has 9 heteroatoms. The second kappa shape index (κ2) is 7.55. The van der Waals surface area contributed by atoms with E-state index in [9.17, 15) is 14.4 Å². The lowest BCUT2D eigenvalue weighted by molar-refractivity contribution is -0.139. The number of likely N-dealkylation sites (tertiary alicyclic amines) is 1. The predicted molar refractivity (Wildman–Crippen MR) is 103 cm³/mol. The lowest BCUT2D eigenvalue weighted by Crippen LogP contribution is -2.51. The largest absolute Gasteiger partial charge is 0.486 e. The van der Waals surface area contributed by atoms with E-state index >= 15 is 0 Å². The first-order valence-corrected chi connectivity index (χ1v) is 10.0. The van der Waals surface area contributed by atoms with Crippen LogP contribution in [0.3, 0.4) is 0 Å². The Balaban J connectivity index is 1.42. The molecule has 9 nitrogen and oxygen atoms in total. The number of urea groups is 1. The topological polar surface area (TPSA) is 100 Å². The molecule has 3 aliphatic rings. The normalized spacial score (nSPS) is 26.6. The molecule has 0 spiro atoms. The van der Waals surface area contributed by atoms with Crippen LogP contribution < -0.4 is 20.2 Å². The van der Waals surface area contributed by atoms with Crippen LogP contribution in [0.2, 0.25) is 0 Å². The quantitative estimate of drug-likeness (QED) is 0.721. The molecular weight excluding hydrogens is 376 g/mol. The van der Waals surface area contributed by atoms with Crippen molar-refractivity contribution in [1.82, 2.24) is 20.7 Å². The third kappa shape index (κ3) is 3.62. The van der Waals surface area contributed by atoms with Gasteiger partial charge in [0.15, 0.2) is 11.5 Å². The summed E-state index contributed by atoms with van der Waals surface area (Å²) < 4.78 is 11.2. The summed E-state index contributed by atoms with van der Waals surface area (Å²) in [5.41, 5.74) is 2.55. The van der Waals surface area contributed by atoms with Gasteiger partial charge in [-0.15, -0.1) is 0 Å². The standard InChI is InChI=1S/C20H26N4O5/c1-3-20(2)18(26)24(19(27)21-20)22-17(25)12-23-8-4-5-14(23)13-6-7-15-16(11-13)29-10-9-28-15/h6-7,11,14H,3-5,8-10,12H2,1-2H3,(H,21,27)(H,22,25). The van der Waals surface area contributed by atoms with E-state index < -0.39 is 23.4 Å². The summed E-state index contributed by atoms with van der Waals surface area (Å²) in [5, 5.41) is 3.42. The van der Waals surface area contributed by atoms with Gasteiger partial charge < -0.3 is 14.8 Å². The molecule has 3 aliphatic heterocycles. The van der Waals surface area contributed by atoms with Crippen LogP contribution in [0, 0.1) is 0 Å². The van der Waals surface area contributed by atoms with E-state index in [0.29, 0.717) is 19.6 Å². The Labute approximate surface area is 169 Å². The van der Waals surface area contributed by atoms with Gasteiger partial charge in [0.05, 0.1) is 6.54 Å². The molecule has 2 N–H and O–H groups in total. The summed E-state index contributed by atoms with van der Waals surface area (Å²) >= 11 is 0. The molecule has 0 saturated carbocycles. The van der Waals surface area contributed by atoms with Crippen LogP contribution in [0.25, 0.3) is 0 Å². The van der Waals surface area contributed by atoms with Crippen LogP contribution >= 0.6 is 0 Å². The average molecular weight is 402 g/mol. The number of imide groups is 1. The Morgan fingerprint density at radius 2 is 2.03 bits per heavy atom. The number of nitrogens with zero attached hydrogens (tertiary/aromatic N) is 2. The van der Waals surface area contributed by atoms with E-state index in [1.165, 1.54) is 0 Å². The number of ether oxygens (including phenoxy) is 2. The van der Waals surface area contributed by atoms with Crippen molar-refractivity contribution >= 4 is 17.8 Å².